The molecule has 1 aromatic carbocycles. The van der Waals surface area contributed by atoms with E-state index in [0.717, 1.165) is 110 Å². The van der Waals surface area contributed by atoms with Crippen molar-refractivity contribution in [1.29, 1.82) is 0 Å². The first-order valence-corrected chi connectivity index (χ1v) is 14.4. The number of likely N-dealkylation sites (tertiary alicyclic amines) is 1. The normalized spacial score (nSPS) is 21.3. The Morgan fingerprint density at radius 2 is 1.87 bits per heavy atom. The van der Waals surface area contributed by atoms with E-state index in [1.165, 1.54) is 0 Å². The number of carbonyl (C=O) groups is 1. The maximum Gasteiger partial charge on any atom is 0.223 e. The van der Waals surface area contributed by atoms with Crippen LogP contribution in [0.5, 0.6) is 0 Å². The van der Waals surface area contributed by atoms with Crippen LogP contribution in [0.3, 0.4) is 0 Å². The Morgan fingerprint density at radius 1 is 1.03 bits per heavy atom. The number of nitrogens with one attached hydrogen (secondary N) is 2. The molecule has 204 valence electrons. The fourth-order valence-electron chi connectivity index (χ4n) is 6.66. The highest BCUT2D eigenvalue weighted by Crippen LogP contribution is 2.33. The first-order valence-electron chi connectivity index (χ1n) is 14.4. The zero-order valence-corrected chi connectivity index (χ0v) is 22.5. The van der Waals surface area contributed by atoms with Gasteiger partial charge in [0.1, 0.15) is 5.82 Å². The lowest BCUT2D eigenvalue weighted by Crippen LogP contribution is -2.38. The average molecular weight is 529 g/mol. The molecule has 1 amide bonds. The van der Waals surface area contributed by atoms with E-state index in [4.69, 9.17) is 19.7 Å². The van der Waals surface area contributed by atoms with E-state index in [9.17, 15) is 4.79 Å². The molecule has 2 N–H and O–H groups in total. The van der Waals surface area contributed by atoms with Crippen LogP contribution in [0, 0.1) is 11.8 Å². The summed E-state index contributed by atoms with van der Waals surface area (Å²) >= 11 is 0. The number of ether oxygens (including phenoxy) is 1. The molecule has 6 heterocycles. The minimum Gasteiger partial charge on any atom is -0.378 e. The third kappa shape index (κ3) is 4.45. The molecule has 3 aliphatic rings. The molecule has 3 aromatic heterocycles. The van der Waals surface area contributed by atoms with Gasteiger partial charge in [-0.25, -0.2) is 15.0 Å². The van der Waals surface area contributed by atoms with Crippen LogP contribution in [0.25, 0.3) is 33.5 Å². The molecule has 10 nitrogen and oxygen atoms in total. The Kier molecular flexibility index (Phi) is 6.44. The third-order valence-corrected chi connectivity index (χ3v) is 8.78. The summed E-state index contributed by atoms with van der Waals surface area (Å²) in [6.45, 7) is 9.49. The number of H-pyrrole nitrogens is 1. The first kappa shape index (κ1) is 24.5. The number of anilines is 1. The first-order chi connectivity index (χ1) is 19.2. The number of fused-ring (bicyclic) bond motifs is 2. The molecule has 10 heteroatoms. The van der Waals surface area contributed by atoms with Crippen LogP contribution in [0.2, 0.25) is 0 Å². The van der Waals surface area contributed by atoms with Crippen LogP contribution < -0.4 is 10.2 Å². The number of morpholine rings is 1. The topological polar surface area (TPSA) is 104 Å². The molecule has 1 atom stereocenters. The number of benzene rings is 1. The van der Waals surface area contributed by atoms with Gasteiger partial charge in [0.25, 0.3) is 0 Å². The molecular weight excluding hydrogens is 492 g/mol. The van der Waals surface area contributed by atoms with Crippen molar-refractivity contribution >= 4 is 33.8 Å². The Labute approximate surface area is 227 Å². The predicted octanol–water partition coefficient (Wildman–Crippen LogP) is 3.18. The molecule has 0 radical (unpaired) electrons. The van der Waals surface area contributed by atoms with Crippen LogP contribution in [0.1, 0.15) is 32.0 Å². The Morgan fingerprint density at radius 3 is 2.64 bits per heavy atom. The van der Waals surface area contributed by atoms with Crippen molar-refractivity contribution in [2.24, 2.45) is 11.8 Å². The van der Waals surface area contributed by atoms with Crippen molar-refractivity contribution in [3.05, 3.63) is 36.3 Å². The van der Waals surface area contributed by atoms with Gasteiger partial charge in [-0.05, 0) is 57.3 Å². The van der Waals surface area contributed by atoms with Crippen molar-refractivity contribution in [2.75, 3.05) is 50.8 Å². The van der Waals surface area contributed by atoms with Gasteiger partial charge in [0.05, 0.1) is 19.8 Å². The number of aromatic amines is 1. The van der Waals surface area contributed by atoms with Crippen molar-refractivity contribution in [2.45, 2.75) is 39.3 Å². The quantitative estimate of drug-likeness (QED) is 0.396. The molecule has 3 aliphatic heterocycles. The minimum atomic E-state index is 0.196. The van der Waals surface area contributed by atoms with Crippen molar-refractivity contribution < 1.29 is 9.53 Å². The van der Waals surface area contributed by atoms with Crippen LogP contribution in [0.15, 0.2) is 30.5 Å². The highest BCUT2D eigenvalue weighted by atomic mass is 16.5. The van der Waals surface area contributed by atoms with Gasteiger partial charge in [0, 0.05) is 54.8 Å². The summed E-state index contributed by atoms with van der Waals surface area (Å²) in [7, 11) is 0. The van der Waals surface area contributed by atoms with Gasteiger partial charge in [-0.3, -0.25) is 9.69 Å². The van der Waals surface area contributed by atoms with Gasteiger partial charge in [-0.1, -0.05) is 12.1 Å². The minimum absolute atomic E-state index is 0.196. The monoisotopic (exact) mass is 528 g/mol. The predicted molar refractivity (Wildman–Crippen MR) is 150 cm³/mol. The lowest BCUT2D eigenvalue weighted by atomic mass is 9.83. The second-order valence-corrected chi connectivity index (χ2v) is 11.0. The molecular formula is C29H36N8O2. The zero-order valence-electron chi connectivity index (χ0n) is 22.5. The second kappa shape index (κ2) is 10.2. The van der Waals surface area contributed by atoms with Gasteiger partial charge in [-0.2, -0.15) is 0 Å². The summed E-state index contributed by atoms with van der Waals surface area (Å²) in [5.74, 6) is 3.59. The summed E-state index contributed by atoms with van der Waals surface area (Å²) in [6, 6.07) is 8.32. The number of carbonyl (C=O) groups excluding carboxylic acids is 1. The molecule has 0 spiro atoms. The van der Waals surface area contributed by atoms with E-state index < -0.39 is 0 Å². The third-order valence-electron chi connectivity index (χ3n) is 8.78. The maximum absolute atomic E-state index is 12.2. The van der Waals surface area contributed by atoms with E-state index in [1.54, 1.807) is 0 Å². The molecule has 0 aliphatic carbocycles. The number of imidazole rings is 1. The number of amides is 1. The van der Waals surface area contributed by atoms with Crippen LogP contribution in [0.4, 0.5) is 5.82 Å². The zero-order chi connectivity index (χ0) is 26.3. The summed E-state index contributed by atoms with van der Waals surface area (Å²) in [6.07, 6.45) is 5.07. The standard InChI is InChI=1S/C29H36N8O2/c1-2-37-24(18-35-12-8-19(9-13-35)20-6-11-31-29(20)38)32-25-27(36-14-16-39-17-15-36)33-26(34-28(25)37)22-4-3-5-23-21(22)7-10-30-23/h3-5,7,10,19-20,30H,2,6,8-9,11-18H2,1H3,(H,31,38). The number of piperidine rings is 1. The van der Waals surface area contributed by atoms with Gasteiger partial charge < -0.3 is 24.5 Å². The Balaban J connectivity index is 1.24. The number of aryl methyl sites for hydroxylation is 1. The lowest BCUT2D eigenvalue weighted by Gasteiger charge is -2.33. The molecule has 39 heavy (non-hydrogen) atoms. The highest BCUT2D eigenvalue weighted by molar-refractivity contribution is 5.95. The summed E-state index contributed by atoms with van der Waals surface area (Å²) < 4.78 is 7.91. The van der Waals surface area contributed by atoms with Gasteiger partial charge in [0.15, 0.2) is 22.8 Å². The fourth-order valence-corrected chi connectivity index (χ4v) is 6.66. The molecule has 4 aromatic rings. The summed E-state index contributed by atoms with van der Waals surface area (Å²) in [5, 5.41) is 4.13. The van der Waals surface area contributed by atoms with E-state index in [-0.39, 0.29) is 11.8 Å². The summed E-state index contributed by atoms with van der Waals surface area (Å²) in [5.41, 5.74) is 3.86. The van der Waals surface area contributed by atoms with Gasteiger partial charge >= 0.3 is 0 Å². The number of hydrogen-bond acceptors (Lipinski definition) is 7. The average Bonchev–Trinajstić information content (AvgIpc) is 3.71. The second-order valence-electron chi connectivity index (χ2n) is 11.0. The van der Waals surface area contributed by atoms with Gasteiger partial charge in [-0.15, -0.1) is 0 Å². The number of aromatic nitrogens is 5. The SMILES string of the molecule is CCn1c(CN2CCC(C3CCNC3=O)CC2)nc2c(N3CCOCC3)nc(-c3cccc4[nH]ccc34)nc21. The number of rotatable bonds is 6. The highest BCUT2D eigenvalue weighted by Gasteiger charge is 2.34. The maximum atomic E-state index is 12.2. The van der Waals surface area contributed by atoms with Crippen LogP contribution in [-0.4, -0.2) is 81.2 Å². The molecule has 1 unspecified atom stereocenters. The smallest absolute Gasteiger partial charge is 0.223 e. The summed E-state index contributed by atoms with van der Waals surface area (Å²) in [4.78, 5) is 35.8. The number of hydrogen-bond donors (Lipinski definition) is 2. The van der Waals surface area contributed by atoms with E-state index in [2.05, 4.69) is 55.9 Å². The Hall–Kier alpha value is -3.50. The molecule has 3 fully saturated rings. The number of nitrogens with zero attached hydrogens (tertiary/aromatic N) is 6. The Bertz CT molecular complexity index is 1500. The molecule has 0 bridgehead atoms. The van der Waals surface area contributed by atoms with E-state index in [0.29, 0.717) is 19.1 Å². The molecule has 7 rings (SSSR count). The molecule has 0 saturated carbocycles. The van der Waals surface area contributed by atoms with Crippen molar-refractivity contribution in [1.82, 2.24) is 34.7 Å². The van der Waals surface area contributed by atoms with Crippen molar-refractivity contribution in [3.8, 4) is 11.4 Å². The largest absolute Gasteiger partial charge is 0.378 e. The van der Waals surface area contributed by atoms with Crippen molar-refractivity contribution in [3.63, 3.8) is 0 Å². The van der Waals surface area contributed by atoms with Gasteiger partial charge in [0.2, 0.25) is 5.91 Å². The van der Waals surface area contributed by atoms with Crippen LogP contribution >= 0.6 is 0 Å². The van der Waals surface area contributed by atoms with E-state index >= 15 is 0 Å². The fraction of sp³-hybridized carbons (Fsp3) is 0.517. The van der Waals surface area contributed by atoms with Crippen LogP contribution in [-0.2, 0) is 22.6 Å². The lowest BCUT2D eigenvalue weighted by molar-refractivity contribution is -0.124. The van der Waals surface area contributed by atoms with E-state index in [1.807, 2.05) is 6.20 Å². The molecule has 3 saturated heterocycles.